The maximum absolute atomic E-state index is 6.40. The summed E-state index contributed by atoms with van der Waals surface area (Å²) in [7, 11) is 4.30. The molecule has 118 valence electrons. The van der Waals surface area contributed by atoms with Crippen molar-refractivity contribution in [3.63, 3.8) is 0 Å². The molecule has 0 saturated carbocycles. The van der Waals surface area contributed by atoms with Crippen molar-refractivity contribution < 1.29 is 0 Å². The van der Waals surface area contributed by atoms with Crippen LogP contribution in [-0.4, -0.2) is 50.1 Å². The van der Waals surface area contributed by atoms with Gasteiger partial charge in [0.1, 0.15) is 0 Å². The van der Waals surface area contributed by atoms with Gasteiger partial charge in [-0.05, 0) is 63.6 Å². The van der Waals surface area contributed by atoms with E-state index in [0.717, 1.165) is 34.1 Å². The second-order valence-corrected chi connectivity index (χ2v) is 7.48. The minimum Gasteiger partial charge on any atom is -0.329 e. The van der Waals surface area contributed by atoms with Gasteiger partial charge in [-0.15, -0.1) is 0 Å². The number of nitrogens with zero attached hydrogens (tertiary/aromatic N) is 2. The SMILES string of the molecule is CN(C)CC1CCN(C(CN)c2ccc(Br)cc2Cl)CC1. The number of rotatable bonds is 5. The third-order valence-electron chi connectivity index (χ3n) is 4.26. The second kappa shape index (κ2) is 7.93. The predicted octanol–water partition coefficient (Wildman–Crippen LogP) is 3.38. The van der Waals surface area contributed by atoms with Gasteiger partial charge in [-0.25, -0.2) is 0 Å². The molecule has 0 spiro atoms. The van der Waals surface area contributed by atoms with E-state index in [1.54, 1.807) is 0 Å². The van der Waals surface area contributed by atoms with E-state index in [4.69, 9.17) is 17.3 Å². The molecule has 1 unspecified atom stereocenters. The molecule has 1 heterocycles. The first-order valence-electron chi connectivity index (χ1n) is 7.55. The zero-order chi connectivity index (χ0) is 15.4. The number of halogens is 2. The van der Waals surface area contributed by atoms with E-state index < -0.39 is 0 Å². The van der Waals surface area contributed by atoms with Crippen LogP contribution < -0.4 is 5.73 Å². The van der Waals surface area contributed by atoms with Crippen LogP contribution in [0.1, 0.15) is 24.4 Å². The summed E-state index contributed by atoms with van der Waals surface area (Å²) in [5.74, 6) is 0.801. The Balaban J connectivity index is 2.02. The Bertz CT molecular complexity index is 459. The highest BCUT2D eigenvalue weighted by atomic mass is 79.9. The summed E-state index contributed by atoms with van der Waals surface area (Å²) >= 11 is 9.86. The Kier molecular flexibility index (Phi) is 6.51. The zero-order valence-electron chi connectivity index (χ0n) is 12.9. The van der Waals surface area contributed by atoms with Crippen molar-refractivity contribution in [1.29, 1.82) is 0 Å². The number of likely N-dealkylation sites (tertiary alicyclic amines) is 1. The highest BCUT2D eigenvalue weighted by molar-refractivity contribution is 9.10. The van der Waals surface area contributed by atoms with Crippen LogP contribution in [0, 0.1) is 5.92 Å². The van der Waals surface area contributed by atoms with Crippen LogP contribution in [-0.2, 0) is 0 Å². The maximum atomic E-state index is 6.40. The monoisotopic (exact) mass is 373 g/mol. The van der Waals surface area contributed by atoms with Crippen LogP contribution in [0.3, 0.4) is 0 Å². The molecule has 0 amide bonds. The Morgan fingerprint density at radius 1 is 1.38 bits per heavy atom. The van der Waals surface area contributed by atoms with Crippen LogP contribution in [0.2, 0.25) is 5.02 Å². The highest BCUT2D eigenvalue weighted by Gasteiger charge is 2.26. The summed E-state index contributed by atoms with van der Waals surface area (Å²) in [5, 5.41) is 0.801. The van der Waals surface area contributed by atoms with Crippen molar-refractivity contribution >= 4 is 27.5 Å². The van der Waals surface area contributed by atoms with Crippen molar-refractivity contribution in [2.75, 3.05) is 40.3 Å². The smallest absolute Gasteiger partial charge is 0.0485 e. The third kappa shape index (κ3) is 4.67. The standard InChI is InChI=1S/C16H25BrClN3/c1-20(2)11-12-5-7-21(8-6-12)16(10-19)14-4-3-13(17)9-15(14)18/h3-4,9,12,16H,5-8,10-11,19H2,1-2H3. The molecule has 1 fully saturated rings. The number of piperidine rings is 1. The summed E-state index contributed by atoms with van der Waals surface area (Å²) in [6, 6.07) is 6.32. The molecule has 1 atom stereocenters. The first kappa shape index (κ1) is 17.2. The molecule has 3 nitrogen and oxygen atoms in total. The van der Waals surface area contributed by atoms with Crippen LogP contribution >= 0.6 is 27.5 Å². The largest absolute Gasteiger partial charge is 0.329 e. The van der Waals surface area contributed by atoms with E-state index in [9.17, 15) is 0 Å². The van der Waals surface area contributed by atoms with Crippen molar-refractivity contribution in [2.45, 2.75) is 18.9 Å². The maximum Gasteiger partial charge on any atom is 0.0485 e. The second-order valence-electron chi connectivity index (χ2n) is 6.16. The third-order valence-corrected chi connectivity index (χ3v) is 5.08. The molecule has 21 heavy (non-hydrogen) atoms. The molecule has 0 bridgehead atoms. The summed E-state index contributed by atoms with van der Waals surface area (Å²) in [4.78, 5) is 4.77. The van der Waals surface area contributed by atoms with Crippen molar-refractivity contribution in [3.05, 3.63) is 33.3 Å². The van der Waals surface area contributed by atoms with Gasteiger partial charge < -0.3 is 10.6 Å². The Labute approximate surface area is 141 Å². The minimum absolute atomic E-state index is 0.228. The zero-order valence-corrected chi connectivity index (χ0v) is 15.2. The number of nitrogens with two attached hydrogens (primary N) is 1. The first-order valence-corrected chi connectivity index (χ1v) is 8.72. The Morgan fingerprint density at radius 2 is 2.05 bits per heavy atom. The summed E-state index contributed by atoms with van der Waals surface area (Å²) in [6.07, 6.45) is 2.48. The normalized spacial score (nSPS) is 19.1. The Hall–Kier alpha value is -0.130. The van der Waals surface area contributed by atoms with Crippen LogP contribution in [0.5, 0.6) is 0 Å². The van der Waals surface area contributed by atoms with E-state index in [1.807, 2.05) is 12.1 Å². The molecule has 1 aromatic rings. The van der Waals surface area contributed by atoms with Crippen molar-refractivity contribution in [2.24, 2.45) is 11.7 Å². The summed E-state index contributed by atoms with van der Waals surface area (Å²) < 4.78 is 1.01. The van der Waals surface area contributed by atoms with Crippen molar-refractivity contribution in [3.8, 4) is 0 Å². The quantitative estimate of drug-likeness (QED) is 0.857. The molecule has 1 saturated heterocycles. The molecule has 5 heteroatoms. The number of hydrogen-bond acceptors (Lipinski definition) is 3. The van der Waals surface area contributed by atoms with Crippen LogP contribution in [0.25, 0.3) is 0 Å². The van der Waals surface area contributed by atoms with Gasteiger partial charge in [0.2, 0.25) is 0 Å². The molecule has 0 radical (unpaired) electrons. The topological polar surface area (TPSA) is 32.5 Å². The lowest BCUT2D eigenvalue weighted by molar-refractivity contribution is 0.122. The molecule has 0 aromatic heterocycles. The molecule has 0 aliphatic carbocycles. The number of benzene rings is 1. The molecule has 1 aliphatic heterocycles. The van der Waals surface area contributed by atoms with Gasteiger partial charge in [0.15, 0.2) is 0 Å². The molecular weight excluding hydrogens is 350 g/mol. The fourth-order valence-electron chi connectivity index (χ4n) is 3.21. The lowest BCUT2D eigenvalue weighted by Crippen LogP contribution is -2.41. The Morgan fingerprint density at radius 3 is 2.57 bits per heavy atom. The van der Waals surface area contributed by atoms with Gasteiger partial charge in [-0.2, -0.15) is 0 Å². The molecule has 1 aromatic carbocycles. The van der Waals surface area contributed by atoms with Crippen LogP contribution in [0.4, 0.5) is 0 Å². The highest BCUT2D eigenvalue weighted by Crippen LogP contribution is 2.32. The van der Waals surface area contributed by atoms with Gasteiger partial charge in [0.25, 0.3) is 0 Å². The molecular formula is C16H25BrClN3. The first-order chi connectivity index (χ1) is 10.0. The average molecular weight is 375 g/mol. The van der Waals surface area contributed by atoms with E-state index in [1.165, 1.54) is 19.4 Å². The van der Waals surface area contributed by atoms with Crippen LogP contribution in [0.15, 0.2) is 22.7 Å². The average Bonchev–Trinajstić information content (AvgIpc) is 2.43. The van der Waals surface area contributed by atoms with Gasteiger partial charge in [0, 0.05) is 28.6 Å². The van der Waals surface area contributed by atoms with E-state index >= 15 is 0 Å². The molecule has 1 aliphatic rings. The van der Waals surface area contributed by atoms with E-state index in [-0.39, 0.29) is 6.04 Å². The van der Waals surface area contributed by atoms with Gasteiger partial charge in [0.05, 0.1) is 0 Å². The minimum atomic E-state index is 0.228. The summed E-state index contributed by atoms with van der Waals surface area (Å²) in [5.41, 5.74) is 7.18. The van der Waals surface area contributed by atoms with Gasteiger partial charge >= 0.3 is 0 Å². The lowest BCUT2D eigenvalue weighted by atomic mass is 9.94. The summed E-state index contributed by atoms with van der Waals surface area (Å²) in [6.45, 7) is 4.00. The predicted molar refractivity (Wildman–Crippen MR) is 93.8 cm³/mol. The number of hydrogen-bond donors (Lipinski definition) is 1. The van der Waals surface area contributed by atoms with Crippen molar-refractivity contribution in [1.82, 2.24) is 9.80 Å². The van der Waals surface area contributed by atoms with E-state index in [2.05, 4.69) is 45.9 Å². The molecule has 2 rings (SSSR count). The molecule has 2 N–H and O–H groups in total. The van der Waals surface area contributed by atoms with Gasteiger partial charge in [-0.1, -0.05) is 33.6 Å². The fourth-order valence-corrected chi connectivity index (χ4v) is 4.01. The van der Waals surface area contributed by atoms with Gasteiger partial charge in [-0.3, -0.25) is 4.90 Å². The van der Waals surface area contributed by atoms with E-state index in [0.29, 0.717) is 6.54 Å². The lowest BCUT2D eigenvalue weighted by Gasteiger charge is -2.38. The fraction of sp³-hybridized carbons (Fsp3) is 0.625.